The molecule has 1 aliphatic heterocycles. The molecular weight excluding hydrogens is 286 g/mol. The highest BCUT2D eigenvalue weighted by atomic mass is 16.5. The van der Waals surface area contributed by atoms with Crippen LogP contribution in [0.15, 0.2) is 18.2 Å². The predicted molar refractivity (Wildman–Crippen MR) is 82.5 cm³/mol. The largest absolute Gasteiger partial charge is 0.493 e. The van der Waals surface area contributed by atoms with Gasteiger partial charge in [0.25, 0.3) is 0 Å². The number of nitrogens with zero attached hydrogens (tertiary/aromatic N) is 2. The second-order valence-corrected chi connectivity index (χ2v) is 5.29. The van der Waals surface area contributed by atoms with E-state index in [2.05, 4.69) is 5.32 Å². The molecule has 1 aliphatic rings. The summed E-state index contributed by atoms with van der Waals surface area (Å²) in [5.74, 6) is 1.14. The van der Waals surface area contributed by atoms with Crippen LogP contribution in [0.25, 0.3) is 0 Å². The predicted octanol–water partition coefficient (Wildman–Crippen LogP) is 1.08. The summed E-state index contributed by atoms with van der Waals surface area (Å²) in [6.45, 7) is 0.438. The SMILES string of the molecule is COc1ccc(N2CC(NC(=O)N(C)C)CC2=O)cc1OC. The lowest BCUT2D eigenvalue weighted by Gasteiger charge is -2.20. The first-order chi connectivity index (χ1) is 10.5. The molecule has 1 N–H and O–H groups in total. The van der Waals surface area contributed by atoms with Crippen LogP contribution in [0.2, 0.25) is 0 Å². The summed E-state index contributed by atoms with van der Waals surface area (Å²) in [6.07, 6.45) is 0.286. The fourth-order valence-corrected chi connectivity index (χ4v) is 2.35. The molecule has 22 heavy (non-hydrogen) atoms. The van der Waals surface area contributed by atoms with Crippen LogP contribution >= 0.6 is 0 Å². The molecule has 3 amide bonds. The number of hydrogen-bond acceptors (Lipinski definition) is 4. The van der Waals surface area contributed by atoms with Crippen molar-refractivity contribution in [1.29, 1.82) is 0 Å². The topological polar surface area (TPSA) is 71.1 Å². The van der Waals surface area contributed by atoms with E-state index in [0.29, 0.717) is 18.0 Å². The Balaban J connectivity index is 2.13. The number of amides is 3. The first-order valence-electron chi connectivity index (χ1n) is 6.96. The smallest absolute Gasteiger partial charge is 0.317 e. The van der Waals surface area contributed by atoms with Crippen molar-refractivity contribution < 1.29 is 19.1 Å². The molecule has 1 saturated heterocycles. The van der Waals surface area contributed by atoms with Crippen molar-refractivity contribution in [2.24, 2.45) is 0 Å². The maximum Gasteiger partial charge on any atom is 0.317 e. The van der Waals surface area contributed by atoms with Crippen LogP contribution in [0.5, 0.6) is 11.5 Å². The van der Waals surface area contributed by atoms with E-state index in [1.807, 2.05) is 0 Å². The van der Waals surface area contributed by atoms with Crippen molar-refractivity contribution in [1.82, 2.24) is 10.2 Å². The third kappa shape index (κ3) is 3.24. The fourth-order valence-electron chi connectivity index (χ4n) is 2.35. The number of urea groups is 1. The summed E-state index contributed by atoms with van der Waals surface area (Å²) < 4.78 is 10.4. The number of benzene rings is 1. The van der Waals surface area contributed by atoms with Gasteiger partial charge in [-0.05, 0) is 12.1 Å². The van der Waals surface area contributed by atoms with Gasteiger partial charge in [0.05, 0.1) is 20.3 Å². The normalized spacial score (nSPS) is 17.4. The zero-order chi connectivity index (χ0) is 16.3. The second-order valence-electron chi connectivity index (χ2n) is 5.29. The Bertz CT molecular complexity index is 574. The molecule has 7 heteroatoms. The molecule has 0 aliphatic carbocycles. The number of carbonyl (C=O) groups is 2. The average Bonchev–Trinajstić information content (AvgIpc) is 2.86. The fraction of sp³-hybridized carbons (Fsp3) is 0.467. The van der Waals surface area contributed by atoms with Crippen molar-refractivity contribution in [2.75, 3.05) is 39.8 Å². The third-order valence-corrected chi connectivity index (χ3v) is 3.54. The third-order valence-electron chi connectivity index (χ3n) is 3.54. The van der Waals surface area contributed by atoms with Gasteiger partial charge in [-0.3, -0.25) is 4.79 Å². The standard InChI is InChI=1S/C15H21N3O4/c1-17(2)15(20)16-10-7-14(19)18(9-10)11-5-6-12(21-3)13(8-11)22-4/h5-6,8,10H,7,9H2,1-4H3,(H,16,20). The number of hydrogen-bond donors (Lipinski definition) is 1. The molecule has 1 unspecified atom stereocenters. The minimum Gasteiger partial charge on any atom is -0.493 e. The summed E-state index contributed by atoms with van der Waals surface area (Å²) >= 11 is 0. The van der Waals surface area contributed by atoms with Crippen molar-refractivity contribution in [2.45, 2.75) is 12.5 Å². The van der Waals surface area contributed by atoms with Crippen LogP contribution < -0.4 is 19.7 Å². The molecule has 1 aromatic carbocycles. The zero-order valence-electron chi connectivity index (χ0n) is 13.3. The molecule has 0 aromatic heterocycles. The number of anilines is 1. The second kappa shape index (κ2) is 6.55. The number of carbonyl (C=O) groups excluding carboxylic acids is 2. The summed E-state index contributed by atoms with van der Waals surface area (Å²) in [5, 5.41) is 2.83. The van der Waals surface area contributed by atoms with Crippen molar-refractivity contribution in [3.8, 4) is 11.5 Å². The molecule has 7 nitrogen and oxygen atoms in total. The first kappa shape index (κ1) is 15.9. The van der Waals surface area contributed by atoms with Gasteiger partial charge in [-0.2, -0.15) is 0 Å². The number of rotatable bonds is 4. The van der Waals surface area contributed by atoms with Gasteiger partial charge < -0.3 is 24.6 Å². The van der Waals surface area contributed by atoms with Crippen molar-refractivity contribution in [3.05, 3.63) is 18.2 Å². The van der Waals surface area contributed by atoms with E-state index in [4.69, 9.17) is 9.47 Å². The quantitative estimate of drug-likeness (QED) is 0.903. The van der Waals surface area contributed by atoms with Crippen LogP contribution in [0.3, 0.4) is 0 Å². The highest BCUT2D eigenvalue weighted by Gasteiger charge is 2.32. The Labute approximate surface area is 129 Å². The van der Waals surface area contributed by atoms with Gasteiger partial charge >= 0.3 is 6.03 Å². The van der Waals surface area contributed by atoms with Gasteiger partial charge in [0.1, 0.15) is 0 Å². The van der Waals surface area contributed by atoms with Gasteiger partial charge in [0, 0.05) is 38.8 Å². The lowest BCUT2D eigenvalue weighted by Crippen LogP contribution is -2.42. The van der Waals surface area contributed by atoms with Gasteiger partial charge in [-0.1, -0.05) is 0 Å². The van der Waals surface area contributed by atoms with Gasteiger partial charge in [-0.25, -0.2) is 4.79 Å². The summed E-state index contributed by atoms with van der Waals surface area (Å²) in [5.41, 5.74) is 0.726. The molecule has 1 aromatic rings. The van der Waals surface area contributed by atoms with E-state index >= 15 is 0 Å². The minimum absolute atomic E-state index is 0.0312. The molecule has 0 bridgehead atoms. The van der Waals surface area contributed by atoms with Crippen LogP contribution in [-0.4, -0.2) is 57.7 Å². The first-order valence-corrected chi connectivity index (χ1v) is 6.96. The Morgan fingerprint density at radius 1 is 1.27 bits per heavy atom. The summed E-state index contributed by atoms with van der Waals surface area (Å²) in [4.78, 5) is 26.9. The average molecular weight is 307 g/mol. The number of ether oxygens (including phenoxy) is 2. The van der Waals surface area contributed by atoms with E-state index in [1.54, 1.807) is 51.4 Å². The Morgan fingerprint density at radius 3 is 2.55 bits per heavy atom. The van der Waals surface area contributed by atoms with E-state index in [0.717, 1.165) is 5.69 Å². The van der Waals surface area contributed by atoms with Crippen LogP contribution in [0, 0.1) is 0 Å². The van der Waals surface area contributed by atoms with E-state index in [9.17, 15) is 9.59 Å². The maximum absolute atomic E-state index is 12.2. The van der Waals surface area contributed by atoms with Crippen molar-refractivity contribution >= 4 is 17.6 Å². The minimum atomic E-state index is -0.202. The monoisotopic (exact) mass is 307 g/mol. The molecule has 120 valence electrons. The number of methoxy groups -OCH3 is 2. The molecule has 2 rings (SSSR count). The van der Waals surface area contributed by atoms with Gasteiger partial charge in [-0.15, -0.1) is 0 Å². The highest BCUT2D eigenvalue weighted by molar-refractivity contribution is 5.97. The summed E-state index contributed by atoms with van der Waals surface area (Å²) in [7, 11) is 6.44. The van der Waals surface area contributed by atoms with Gasteiger partial charge in [0.2, 0.25) is 5.91 Å². The van der Waals surface area contributed by atoms with E-state index < -0.39 is 0 Å². The number of nitrogens with one attached hydrogen (secondary N) is 1. The molecule has 0 spiro atoms. The molecule has 1 atom stereocenters. The lowest BCUT2D eigenvalue weighted by molar-refractivity contribution is -0.117. The molecule has 0 radical (unpaired) electrons. The van der Waals surface area contributed by atoms with Crippen LogP contribution in [0.1, 0.15) is 6.42 Å². The molecule has 1 heterocycles. The summed E-state index contributed by atoms with van der Waals surface area (Å²) in [6, 6.07) is 4.91. The van der Waals surface area contributed by atoms with Crippen LogP contribution in [-0.2, 0) is 4.79 Å². The maximum atomic E-state index is 12.2. The Hall–Kier alpha value is -2.44. The Morgan fingerprint density at radius 2 is 1.95 bits per heavy atom. The highest BCUT2D eigenvalue weighted by Crippen LogP contribution is 2.33. The van der Waals surface area contributed by atoms with Gasteiger partial charge in [0.15, 0.2) is 11.5 Å². The molecular formula is C15H21N3O4. The lowest BCUT2D eigenvalue weighted by atomic mass is 10.2. The molecule has 0 saturated carbocycles. The van der Waals surface area contributed by atoms with Crippen molar-refractivity contribution in [3.63, 3.8) is 0 Å². The molecule has 1 fully saturated rings. The van der Waals surface area contributed by atoms with E-state index in [1.165, 1.54) is 4.90 Å². The van der Waals surface area contributed by atoms with E-state index in [-0.39, 0.29) is 24.4 Å². The zero-order valence-corrected chi connectivity index (χ0v) is 13.3. The van der Waals surface area contributed by atoms with Crippen LogP contribution in [0.4, 0.5) is 10.5 Å². The Kier molecular flexibility index (Phi) is 4.75.